The van der Waals surface area contributed by atoms with E-state index >= 15 is 0 Å². The predicted molar refractivity (Wildman–Crippen MR) is 207 cm³/mol. The van der Waals surface area contributed by atoms with Gasteiger partial charge >= 0.3 is 0 Å². The van der Waals surface area contributed by atoms with Gasteiger partial charge in [0.1, 0.15) is 49.4 Å². The van der Waals surface area contributed by atoms with E-state index in [1.165, 1.54) is 0 Å². The molecular formula is C40H28B4O3S. The van der Waals surface area contributed by atoms with Crippen molar-refractivity contribution in [3.8, 4) is 33.4 Å². The minimum Gasteiger partial charge on any atom is -0.507 e. The van der Waals surface area contributed by atoms with Crippen molar-refractivity contribution in [2.75, 3.05) is 0 Å². The van der Waals surface area contributed by atoms with Crippen LogP contribution in [0.15, 0.2) is 119 Å². The van der Waals surface area contributed by atoms with E-state index < -0.39 is 12.2 Å². The van der Waals surface area contributed by atoms with Gasteiger partial charge in [0.2, 0.25) is 0 Å². The molecule has 0 saturated carbocycles. The number of hydrogen-bond acceptors (Lipinski definition) is 4. The van der Waals surface area contributed by atoms with Crippen molar-refractivity contribution in [1.82, 2.24) is 0 Å². The number of allylic oxidation sites excluding steroid dienone is 1. The molecule has 224 valence electrons. The van der Waals surface area contributed by atoms with Gasteiger partial charge in [-0.2, -0.15) is 0 Å². The Morgan fingerprint density at radius 1 is 0.500 bits per heavy atom. The lowest BCUT2D eigenvalue weighted by Gasteiger charge is -2.29. The molecule has 48 heavy (non-hydrogen) atoms. The Morgan fingerprint density at radius 2 is 0.979 bits per heavy atom. The van der Waals surface area contributed by atoms with Crippen molar-refractivity contribution < 1.29 is 15.3 Å². The van der Waals surface area contributed by atoms with Crippen LogP contribution >= 0.6 is 12.6 Å². The molecule has 3 nitrogen and oxygen atoms in total. The number of aliphatic hydroxyl groups excluding tert-OH is 3. The van der Waals surface area contributed by atoms with Crippen molar-refractivity contribution in [1.29, 1.82) is 0 Å². The van der Waals surface area contributed by atoms with Crippen molar-refractivity contribution >= 4 is 93.0 Å². The summed E-state index contributed by atoms with van der Waals surface area (Å²) < 4.78 is 0. The molecule has 0 saturated heterocycles. The first-order chi connectivity index (χ1) is 23.0. The molecule has 0 fully saturated rings. The second-order valence-electron chi connectivity index (χ2n) is 12.4. The Morgan fingerprint density at radius 3 is 1.60 bits per heavy atom. The first kappa shape index (κ1) is 32.2. The highest BCUT2D eigenvalue weighted by Gasteiger charge is 2.32. The molecule has 0 aromatic heterocycles. The molecule has 8 radical (unpaired) electrons. The lowest BCUT2D eigenvalue weighted by atomic mass is 9.65. The van der Waals surface area contributed by atoms with Crippen LogP contribution in [0.3, 0.4) is 0 Å². The number of hydrogen-bond donors (Lipinski definition) is 4. The maximum absolute atomic E-state index is 11.3. The fraction of sp³-hybridized carbons (Fsp3) is 0.100. The Labute approximate surface area is 291 Å². The van der Waals surface area contributed by atoms with Gasteiger partial charge in [-0.15, -0.1) is 12.6 Å². The second kappa shape index (κ2) is 12.3. The summed E-state index contributed by atoms with van der Waals surface area (Å²) in [4.78, 5) is 0.319. The Hall–Kier alpha value is -4.35. The number of fused-ring (bicyclic) bond motifs is 2. The van der Waals surface area contributed by atoms with Gasteiger partial charge in [0.25, 0.3) is 0 Å². The van der Waals surface area contributed by atoms with Crippen LogP contribution in [-0.4, -0.2) is 58.9 Å². The molecular weight excluding hydrogens is 604 g/mol. The third kappa shape index (κ3) is 4.97. The number of thiol groups is 1. The Balaban J connectivity index is 1.61. The topological polar surface area (TPSA) is 60.7 Å². The van der Waals surface area contributed by atoms with Crippen LogP contribution in [0.25, 0.3) is 60.5 Å². The molecule has 0 bridgehead atoms. The van der Waals surface area contributed by atoms with Gasteiger partial charge in [0, 0.05) is 11.1 Å². The van der Waals surface area contributed by atoms with Crippen LogP contribution in [0.4, 0.5) is 0 Å². The van der Waals surface area contributed by atoms with Crippen molar-refractivity contribution in [3.05, 3.63) is 120 Å². The van der Waals surface area contributed by atoms with Gasteiger partial charge in [-0.05, 0) is 90.9 Å². The van der Waals surface area contributed by atoms with Crippen LogP contribution in [0.2, 0.25) is 0 Å². The fourth-order valence-corrected chi connectivity index (χ4v) is 7.21. The van der Waals surface area contributed by atoms with Gasteiger partial charge < -0.3 is 15.3 Å². The molecule has 0 spiro atoms. The summed E-state index contributed by atoms with van der Waals surface area (Å²) in [6, 6.07) is 32.6. The van der Waals surface area contributed by atoms with Crippen molar-refractivity contribution in [3.63, 3.8) is 0 Å². The van der Waals surface area contributed by atoms with Crippen molar-refractivity contribution in [2.24, 2.45) is 0 Å². The van der Waals surface area contributed by atoms with E-state index in [1.54, 1.807) is 13.8 Å². The lowest BCUT2D eigenvalue weighted by Crippen LogP contribution is -2.44. The van der Waals surface area contributed by atoms with Gasteiger partial charge in [-0.3, -0.25) is 0 Å². The van der Waals surface area contributed by atoms with Crippen LogP contribution in [0, 0.1) is 0 Å². The highest BCUT2D eigenvalue weighted by molar-refractivity contribution is 7.80. The summed E-state index contributed by atoms with van der Waals surface area (Å²) >= 11 is 4.49. The quantitative estimate of drug-likeness (QED) is 0.129. The van der Waals surface area contributed by atoms with Gasteiger partial charge in [-0.1, -0.05) is 113 Å². The maximum atomic E-state index is 11.3. The maximum Gasteiger partial charge on any atom is 0.125 e. The van der Waals surface area contributed by atoms with Gasteiger partial charge in [0.05, 0.1) is 0 Å². The normalized spacial score (nSPS) is 16.7. The number of rotatable bonds is 4. The summed E-state index contributed by atoms with van der Waals surface area (Å²) in [5.74, 6) is -0.0735. The highest BCUT2D eigenvalue weighted by atomic mass is 32.1. The molecule has 6 aromatic rings. The fourth-order valence-electron chi connectivity index (χ4n) is 6.97. The van der Waals surface area contributed by atoms with E-state index in [9.17, 15) is 15.3 Å². The summed E-state index contributed by atoms with van der Waals surface area (Å²) in [6.07, 6.45) is -2.38. The van der Waals surface area contributed by atoms with E-state index in [0.717, 1.165) is 49.4 Å². The average molecular weight is 632 g/mol. The summed E-state index contributed by atoms with van der Waals surface area (Å²) in [5.41, 5.74) is 8.27. The summed E-state index contributed by atoms with van der Waals surface area (Å²) in [6.45, 7) is 3.32. The van der Waals surface area contributed by atoms with E-state index in [-0.39, 0.29) is 27.6 Å². The molecule has 1 aliphatic rings. The number of benzene rings is 6. The molecule has 1 aliphatic carbocycles. The van der Waals surface area contributed by atoms with E-state index in [2.05, 4.69) is 55.1 Å². The monoisotopic (exact) mass is 632 g/mol. The third-order valence-corrected chi connectivity index (χ3v) is 10.1. The van der Waals surface area contributed by atoms with Gasteiger partial charge in [0.15, 0.2) is 0 Å². The Kier molecular flexibility index (Phi) is 8.23. The molecule has 2 atom stereocenters. The standard InChI is InChI=1S/C40H28B4O3S/c1-19-29(37(45)20(2)39(47)38(19)46)24-16-17-27-28(18-24)31(32-33(41)35(43)40(48)36(44)34(32)42)26-11-7-6-10-25(26)30(27)23-14-12-22(13-15-23)21-8-4-3-5-9-21/h3-18,38-39,45-48H,1-2H3. The first-order valence-electron chi connectivity index (χ1n) is 15.6. The lowest BCUT2D eigenvalue weighted by molar-refractivity contribution is 0.0608. The van der Waals surface area contributed by atoms with Crippen LogP contribution in [0.5, 0.6) is 0 Å². The van der Waals surface area contributed by atoms with Crippen LogP contribution in [-0.2, 0) is 0 Å². The van der Waals surface area contributed by atoms with E-state index in [0.29, 0.717) is 32.7 Å². The molecule has 6 aromatic carbocycles. The molecule has 3 N–H and O–H groups in total. The smallest absolute Gasteiger partial charge is 0.125 e. The van der Waals surface area contributed by atoms with Gasteiger partial charge in [-0.25, -0.2) is 0 Å². The van der Waals surface area contributed by atoms with E-state index in [1.807, 2.05) is 54.6 Å². The zero-order chi connectivity index (χ0) is 34.0. The predicted octanol–water partition coefficient (Wildman–Crippen LogP) is 4.80. The first-order valence-corrected chi connectivity index (χ1v) is 16.0. The zero-order valence-electron chi connectivity index (χ0n) is 26.5. The minimum atomic E-state index is -1.20. The summed E-state index contributed by atoms with van der Waals surface area (Å²) in [5, 5.41) is 36.3. The molecule has 2 unspecified atom stereocenters. The molecule has 0 amide bonds. The third-order valence-electron chi connectivity index (χ3n) is 9.66. The van der Waals surface area contributed by atoms with E-state index in [4.69, 9.17) is 31.4 Å². The van der Waals surface area contributed by atoms with Crippen LogP contribution in [0.1, 0.15) is 19.4 Å². The highest BCUT2D eigenvalue weighted by Crippen LogP contribution is 2.45. The largest absolute Gasteiger partial charge is 0.507 e. The summed E-state index contributed by atoms with van der Waals surface area (Å²) in [7, 11) is 26.4. The molecule has 7 rings (SSSR count). The van der Waals surface area contributed by atoms with Crippen molar-refractivity contribution in [2.45, 2.75) is 31.0 Å². The Bertz CT molecular complexity index is 2320. The molecule has 0 heterocycles. The SMILES string of the molecule is [B]c1c([B])c(-c2c3ccccc3c(-c3ccc(-c4ccccc4)cc3)c3ccc(C4=C(C)C(O)C(O)C(C)=C4O)cc23)c([B])c([B])c1S. The zero-order valence-corrected chi connectivity index (χ0v) is 27.4. The molecule has 0 aliphatic heterocycles. The number of aliphatic hydroxyl groups is 3. The molecule has 8 heteroatoms. The minimum absolute atomic E-state index is 0.0735. The second-order valence-corrected chi connectivity index (χ2v) is 12.8. The van der Waals surface area contributed by atoms with Crippen LogP contribution < -0.4 is 21.9 Å². The average Bonchev–Trinajstić information content (AvgIpc) is 3.12.